The van der Waals surface area contributed by atoms with Gasteiger partial charge in [0.2, 0.25) is 0 Å². The van der Waals surface area contributed by atoms with Gasteiger partial charge in [0.1, 0.15) is 11.7 Å². The molecule has 0 bridgehead atoms. The molecule has 2 aliphatic heterocycles. The van der Waals surface area contributed by atoms with Crippen LogP contribution in [0.1, 0.15) is 60.3 Å². The monoisotopic (exact) mass is 439 g/mol. The van der Waals surface area contributed by atoms with Crippen LogP contribution in [0.4, 0.5) is 4.79 Å². The maximum atomic E-state index is 12.6. The summed E-state index contributed by atoms with van der Waals surface area (Å²) in [7, 11) is 0. The minimum absolute atomic E-state index is 0.0871. The van der Waals surface area contributed by atoms with E-state index in [1.165, 1.54) is 0 Å². The molecule has 2 aliphatic rings. The Kier molecular flexibility index (Phi) is 9.87. The molecule has 0 spiro atoms. The molecule has 0 radical (unpaired) electrons. The molecule has 0 aromatic rings. The minimum atomic E-state index is -0.528. The van der Waals surface area contributed by atoms with Crippen LogP contribution in [0.2, 0.25) is 0 Å². The second-order valence-corrected chi connectivity index (χ2v) is 9.14. The fourth-order valence-corrected chi connectivity index (χ4v) is 3.77. The van der Waals surface area contributed by atoms with Crippen molar-refractivity contribution < 1.29 is 19.1 Å². The molecular weight excluding hydrogens is 398 g/mol. The second kappa shape index (κ2) is 12.1. The summed E-state index contributed by atoms with van der Waals surface area (Å²) in [5.41, 5.74) is -0.528. The van der Waals surface area contributed by atoms with Crippen molar-refractivity contribution >= 4 is 18.0 Å². The van der Waals surface area contributed by atoms with Gasteiger partial charge in [-0.2, -0.15) is 0 Å². The van der Waals surface area contributed by atoms with Crippen LogP contribution in [0.5, 0.6) is 0 Å². The van der Waals surface area contributed by atoms with Crippen molar-refractivity contribution in [3.8, 4) is 0 Å². The van der Waals surface area contributed by atoms with E-state index in [2.05, 4.69) is 22.5 Å². The Morgan fingerprint density at radius 3 is 2.39 bits per heavy atom. The Balaban J connectivity index is 1.92. The Bertz CT molecular complexity index is 606. The van der Waals surface area contributed by atoms with Gasteiger partial charge in [0.05, 0.1) is 12.6 Å². The molecule has 2 unspecified atom stereocenters. The normalized spacial score (nSPS) is 21.1. The van der Waals surface area contributed by atoms with Gasteiger partial charge in [-0.15, -0.1) is 0 Å². The number of nitrogens with one attached hydrogen (secondary N) is 2. The summed E-state index contributed by atoms with van der Waals surface area (Å²) in [6.07, 6.45) is 2.88. The van der Waals surface area contributed by atoms with Crippen molar-refractivity contribution in [1.29, 1.82) is 0 Å². The number of rotatable bonds is 7. The first-order valence-electron chi connectivity index (χ1n) is 11.7. The number of guanidine groups is 1. The standard InChI is InChI=1S/C22H41N5O4/c1-6-9-17(25-21(29)31-22(3,4)5)16-24-20(23-7-2)27-13-11-26(12-14-27)19(28)18-10-8-15-30-18/h17-18H,6-16H2,1-5H3,(H,23,24)(H,25,29). The molecule has 2 fully saturated rings. The molecule has 0 aliphatic carbocycles. The molecule has 2 atom stereocenters. The number of alkyl carbamates (subject to hydrolysis) is 1. The van der Waals surface area contributed by atoms with Crippen LogP contribution in [-0.2, 0) is 14.3 Å². The van der Waals surface area contributed by atoms with Crippen LogP contribution >= 0.6 is 0 Å². The van der Waals surface area contributed by atoms with E-state index in [0.717, 1.165) is 51.3 Å². The zero-order valence-electron chi connectivity index (χ0n) is 19.9. The number of ether oxygens (including phenoxy) is 2. The molecule has 2 rings (SSSR count). The first-order valence-corrected chi connectivity index (χ1v) is 11.7. The zero-order chi connectivity index (χ0) is 22.9. The lowest BCUT2D eigenvalue weighted by Gasteiger charge is -2.37. The number of carbonyl (C=O) groups excluding carboxylic acids is 2. The summed E-state index contributed by atoms with van der Waals surface area (Å²) in [5, 5.41) is 6.29. The third-order valence-corrected chi connectivity index (χ3v) is 5.25. The number of aliphatic imine (C=N–C) groups is 1. The molecule has 2 heterocycles. The average Bonchev–Trinajstić information content (AvgIpc) is 3.24. The van der Waals surface area contributed by atoms with Gasteiger partial charge in [-0.3, -0.25) is 9.79 Å². The summed E-state index contributed by atoms with van der Waals surface area (Å²) in [4.78, 5) is 33.6. The maximum absolute atomic E-state index is 12.6. The molecule has 0 aromatic heterocycles. The van der Waals surface area contributed by atoms with Gasteiger partial charge in [-0.25, -0.2) is 4.79 Å². The molecule has 0 saturated carbocycles. The van der Waals surface area contributed by atoms with Gasteiger partial charge in [0.15, 0.2) is 5.96 Å². The highest BCUT2D eigenvalue weighted by molar-refractivity contribution is 5.83. The summed E-state index contributed by atoms with van der Waals surface area (Å²) in [5.74, 6) is 0.933. The average molecular weight is 440 g/mol. The van der Waals surface area contributed by atoms with Gasteiger partial charge < -0.3 is 29.9 Å². The number of nitrogens with zero attached hydrogens (tertiary/aromatic N) is 3. The highest BCUT2D eigenvalue weighted by atomic mass is 16.6. The summed E-state index contributed by atoms with van der Waals surface area (Å²) < 4.78 is 10.9. The van der Waals surface area contributed by atoms with Crippen LogP contribution in [0.15, 0.2) is 4.99 Å². The highest BCUT2D eigenvalue weighted by Crippen LogP contribution is 2.16. The van der Waals surface area contributed by atoms with E-state index in [1.54, 1.807) is 0 Å². The lowest BCUT2D eigenvalue weighted by molar-refractivity contribution is -0.142. The molecule has 2 amide bonds. The third kappa shape index (κ3) is 8.55. The first kappa shape index (κ1) is 25.2. The van der Waals surface area contributed by atoms with Gasteiger partial charge in [-0.1, -0.05) is 13.3 Å². The highest BCUT2D eigenvalue weighted by Gasteiger charge is 2.31. The second-order valence-electron chi connectivity index (χ2n) is 9.14. The van der Waals surface area contributed by atoms with Crippen molar-refractivity contribution in [1.82, 2.24) is 20.4 Å². The molecule has 9 nitrogen and oxygen atoms in total. The van der Waals surface area contributed by atoms with Gasteiger partial charge in [0, 0.05) is 39.3 Å². The van der Waals surface area contributed by atoms with Crippen molar-refractivity contribution in [3.63, 3.8) is 0 Å². The van der Waals surface area contributed by atoms with Crippen molar-refractivity contribution in [2.75, 3.05) is 45.9 Å². The number of amides is 2. The Morgan fingerprint density at radius 2 is 1.84 bits per heavy atom. The first-order chi connectivity index (χ1) is 14.7. The van der Waals surface area contributed by atoms with Crippen LogP contribution in [0, 0.1) is 0 Å². The maximum Gasteiger partial charge on any atom is 0.407 e. The van der Waals surface area contributed by atoms with Crippen LogP contribution in [-0.4, -0.2) is 91.4 Å². The molecule has 2 N–H and O–H groups in total. The van der Waals surface area contributed by atoms with E-state index in [0.29, 0.717) is 26.2 Å². The lowest BCUT2D eigenvalue weighted by atomic mass is 10.1. The lowest BCUT2D eigenvalue weighted by Crippen LogP contribution is -2.55. The van der Waals surface area contributed by atoms with Crippen molar-refractivity contribution in [2.24, 2.45) is 4.99 Å². The van der Waals surface area contributed by atoms with Crippen LogP contribution in [0.3, 0.4) is 0 Å². The SMILES string of the molecule is CCCC(CN=C(NCC)N1CCN(C(=O)C2CCCO2)CC1)NC(=O)OC(C)(C)C. The molecule has 0 aromatic carbocycles. The quantitative estimate of drug-likeness (QED) is 0.465. The molecule has 9 heteroatoms. The molecule has 2 saturated heterocycles. The van der Waals surface area contributed by atoms with E-state index >= 15 is 0 Å². The predicted molar refractivity (Wildman–Crippen MR) is 121 cm³/mol. The van der Waals surface area contributed by atoms with Gasteiger partial charge in [0.25, 0.3) is 5.91 Å². The van der Waals surface area contributed by atoms with Gasteiger partial charge in [-0.05, 0) is 47.0 Å². The smallest absolute Gasteiger partial charge is 0.407 e. The van der Waals surface area contributed by atoms with Gasteiger partial charge >= 0.3 is 6.09 Å². The van der Waals surface area contributed by atoms with Crippen molar-refractivity contribution in [3.05, 3.63) is 0 Å². The number of hydrogen-bond donors (Lipinski definition) is 2. The summed E-state index contributed by atoms with van der Waals surface area (Å²) in [6, 6.07) is -0.0871. The Hall–Kier alpha value is -2.03. The third-order valence-electron chi connectivity index (χ3n) is 5.25. The number of hydrogen-bond acceptors (Lipinski definition) is 5. The largest absolute Gasteiger partial charge is 0.444 e. The predicted octanol–water partition coefficient (Wildman–Crippen LogP) is 1.97. The molecule has 31 heavy (non-hydrogen) atoms. The van der Waals surface area contributed by atoms with Crippen LogP contribution in [0.25, 0.3) is 0 Å². The topological polar surface area (TPSA) is 95.5 Å². The molecular formula is C22H41N5O4. The van der Waals surface area contributed by atoms with E-state index < -0.39 is 11.7 Å². The summed E-state index contributed by atoms with van der Waals surface area (Å²) in [6.45, 7) is 14.4. The fourth-order valence-electron chi connectivity index (χ4n) is 3.77. The zero-order valence-corrected chi connectivity index (χ0v) is 19.9. The van der Waals surface area contributed by atoms with Crippen LogP contribution < -0.4 is 10.6 Å². The summed E-state index contributed by atoms with van der Waals surface area (Å²) >= 11 is 0. The number of carbonyl (C=O) groups is 2. The molecule has 178 valence electrons. The van der Waals surface area contributed by atoms with E-state index in [9.17, 15) is 9.59 Å². The van der Waals surface area contributed by atoms with Crippen molar-refractivity contribution in [2.45, 2.75) is 78.0 Å². The van der Waals surface area contributed by atoms with E-state index in [4.69, 9.17) is 14.5 Å². The minimum Gasteiger partial charge on any atom is -0.444 e. The number of piperazine rings is 1. The van der Waals surface area contributed by atoms with E-state index in [1.807, 2.05) is 32.6 Å². The Labute approximate surface area is 186 Å². The Morgan fingerprint density at radius 1 is 1.16 bits per heavy atom. The van der Waals surface area contributed by atoms with E-state index in [-0.39, 0.29) is 18.1 Å². The fraction of sp³-hybridized carbons (Fsp3) is 0.864.